The molecular formula is C17H23ClN4O2. The zero-order valence-corrected chi connectivity index (χ0v) is 14.8. The minimum atomic E-state index is -0.0942. The number of nitrogens with zero attached hydrogens (tertiary/aromatic N) is 2. The number of hydrogen-bond acceptors (Lipinski definition) is 3. The minimum Gasteiger partial charge on any atom is -0.355 e. The summed E-state index contributed by atoms with van der Waals surface area (Å²) in [6, 6.07) is 7.64. The Kier molecular flexibility index (Phi) is 6.61. The number of guanidine groups is 1. The van der Waals surface area contributed by atoms with Crippen LogP contribution in [-0.2, 0) is 9.59 Å². The summed E-state index contributed by atoms with van der Waals surface area (Å²) in [5.41, 5.74) is 1.05. The number of hydrogen-bond donors (Lipinski definition) is 2. The van der Waals surface area contributed by atoms with Gasteiger partial charge in [0.1, 0.15) is 0 Å². The number of imide groups is 1. The first kappa shape index (κ1) is 18.3. The molecule has 0 saturated carbocycles. The van der Waals surface area contributed by atoms with Crippen molar-refractivity contribution in [1.29, 1.82) is 0 Å². The van der Waals surface area contributed by atoms with Gasteiger partial charge < -0.3 is 10.6 Å². The molecule has 2 N–H and O–H groups in total. The molecule has 0 aliphatic carbocycles. The average molecular weight is 351 g/mol. The molecule has 0 spiro atoms. The van der Waals surface area contributed by atoms with Crippen LogP contribution in [0.3, 0.4) is 0 Å². The highest BCUT2D eigenvalue weighted by atomic mass is 35.5. The largest absolute Gasteiger partial charge is 0.355 e. The summed E-state index contributed by atoms with van der Waals surface area (Å²) < 4.78 is 0. The van der Waals surface area contributed by atoms with E-state index in [1.54, 1.807) is 7.05 Å². The molecule has 1 fully saturated rings. The number of likely N-dealkylation sites (tertiary alicyclic amines) is 1. The first-order valence-corrected chi connectivity index (χ1v) is 8.45. The summed E-state index contributed by atoms with van der Waals surface area (Å²) in [4.78, 5) is 29.0. The molecule has 1 saturated heterocycles. The number of halogens is 1. The number of rotatable bonds is 5. The van der Waals surface area contributed by atoms with Crippen LogP contribution in [0.1, 0.15) is 37.8 Å². The Balaban J connectivity index is 1.84. The molecule has 1 heterocycles. The van der Waals surface area contributed by atoms with Gasteiger partial charge in [0.2, 0.25) is 11.8 Å². The lowest BCUT2D eigenvalue weighted by atomic mass is 10.1. The molecule has 1 aromatic rings. The summed E-state index contributed by atoms with van der Waals surface area (Å²) in [5.74, 6) is 0.422. The maximum Gasteiger partial charge on any atom is 0.229 e. The molecule has 1 aliphatic heterocycles. The molecule has 1 atom stereocenters. The molecule has 0 bridgehead atoms. The molecule has 2 rings (SSSR count). The number of carbonyl (C=O) groups is 2. The topological polar surface area (TPSA) is 73.8 Å². The fraction of sp³-hybridized carbons (Fsp3) is 0.471. The fourth-order valence-electron chi connectivity index (χ4n) is 2.59. The van der Waals surface area contributed by atoms with Crippen molar-refractivity contribution < 1.29 is 9.59 Å². The van der Waals surface area contributed by atoms with Crippen molar-refractivity contribution in [3.8, 4) is 0 Å². The molecule has 0 aromatic heterocycles. The van der Waals surface area contributed by atoms with E-state index in [-0.39, 0.29) is 17.9 Å². The van der Waals surface area contributed by atoms with Crippen LogP contribution in [0.2, 0.25) is 5.02 Å². The fourth-order valence-corrected chi connectivity index (χ4v) is 2.79. The summed E-state index contributed by atoms with van der Waals surface area (Å²) in [6.07, 6.45) is 1.55. The first-order valence-electron chi connectivity index (χ1n) is 8.07. The zero-order valence-electron chi connectivity index (χ0n) is 14.0. The summed E-state index contributed by atoms with van der Waals surface area (Å²) in [7, 11) is 1.68. The molecule has 1 aromatic carbocycles. The van der Waals surface area contributed by atoms with Crippen molar-refractivity contribution >= 4 is 29.4 Å². The van der Waals surface area contributed by atoms with E-state index in [0.29, 0.717) is 43.3 Å². The van der Waals surface area contributed by atoms with Crippen molar-refractivity contribution in [2.75, 3.05) is 20.1 Å². The SMILES string of the molecule is CN=C(NCCN1C(=O)CCCC1=O)NC(C)c1cccc(Cl)c1. The summed E-state index contributed by atoms with van der Waals surface area (Å²) in [6.45, 7) is 2.82. The molecule has 1 aliphatic rings. The van der Waals surface area contributed by atoms with Gasteiger partial charge in [-0.05, 0) is 31.0 Å². The van der Waals surface area contributed by atoms with E-state index in [1.165, 1.54) is 4.90 Å². The third-order valence-electron chi connectivity index (χ3n) is 3.94. The molecule has 2 amide bonds. The van der Waals surface area contributed by atoms with E-state index >= 15 is 0 Å². The normalized spacial score (nSPS) is 17.0. The lowest BCUT2D eigenvalue weighted by molar-refractivity contribution is -0.147. The van der Waals surface area contributed by atoms with Crippen LogP contribution in [0.25, 0.3) is 0 Å². The Labute approximate surface area is 147 Å². The predicted octanol–water partition coefficient (Wildman–Crippen LogP) is 2.11. The van der Waals surface area contributed by atoms with E-state index in [0.717, 1.165) is 5.56 Å². The van der Waals surface area contributed by atoms with Gasteiger partial charge in [-0.1, -0.05) is 23.7 Å². The molecule has 7 heteroatoms. The number of carbonyl (C=O) groups excluding carboxylic acids is 2. The third-order valence-corrected chi connectivity index (χ3v) is 4.17. The molecule has 6 nitrogen and oxygen atoms in total. The van der Waals surface area contributed by atoms with Gasteiger partial charge in [-0.25, -0.2) is 0 Å². The number of nitrogens with one attached hydrogen (secondary N) is 2. The van der Waals surface area contributed by atoms with Crippen molar-refractivity contribution in [1.82, 2.24) is 15.5 Å². The second-order valence-electron chi connectivity index (χ2n) is 5.71. The number of amides is 2. The summed E-state index contributed by atoms with van der Waals surface area (Å²) >= 11 is 6.01. The van der Waals surface area contributed by atoms with Crippen LogP contribution >= 0.6 is 11.6 Å². The van der Waals surface area contributed by atoms with Gasteiger partial charge in [0.25, 0.3) is 0 Å². The maximum atomic E-state index is 11.8. The number of piperidine rings is 1. The average Bonchev–Trinajstić information content (AvgIpc) is 2.56. The lowest BCUT2D eigenvalue weighted by Crippen LogP contribution is -2.46. The van der Waals surface area contributed by atoms with Crippen molar-refractivity contribution in [3.05, 3.63) is 34.9 Å². The molecular weight excluding hydrogens is 328 g/mol. The maximum absolute atomic E-state index is 11.8. The van der Waals surface area contributed by atoms with Crippen LogP contribution in [-0.4, -0.2) is 42.8 Å². The summed E-state index contributed by atoms with van der Waals surface area (Å²) in [5, 5.41) is 7.08. The second kappa shape index (κ2) is 8.68. The van der Waals surface area contributed by atoms with Gasteiger partial charge in [-0.15, -0.1) is 0 Å². The van der Waals surface area contributed by atoms with E-state index in [1.807, 2.05) is 31.2 Å². The molecule has 0 radical (unpaired) electrons. The van der Waals surface area contributed by atoms with Gasteiger partial charge in [-0.3, -0.25) is 19.5 Å². The van der Waals surface area contributed by atoms with E-state index in [4.69, 9.17) is 11.6 Å². The van der Waals surface area contributed by atoms with Gasteiger partial charge >= 0.3 is 0 Å². The lowest BCUT2D eigenvalue weighted by Gasteiger charge is -2.25. The van der Waals surface area contributed by atoms with Crippen LogP contribution in [0.15, 0.2) is 29.3 Å². The Morgan fingerprint density at radius 1 is 1.33 bits per heavy atom. The third kappa shape index (κ3) is 4.96. The zero-order chi connectivity index (χ0) is 17.5. The number of aliphatic imine (C=N–C) groups is 1. The Morgan fingerprint density at radius 2 is 2.04 bits per heavy atom. The van der Waals surface area contributed by atoms with Gasteiger partial charge in [0.05, 0.1) is 6.04 Å². The Hall–Kier alpha value is -2.08. The molecule has 24 heavy (non-hydrogen) atoms. The number of benzene rings is 1. The molecule has 1 unspecified atom stereocenters. The monoisotopic (exact) mass is 350 g/mol. The van der Waals surface area contributed by atoms with Crippen LogP contribution in [0.5, 0.6) is 0 Å². The van der Waals surface area contributed by atoms with Crippen LogP contribution in [0.4, 0.5) is 0 Å². The standard InChI is InChI=1S/C17H23ClN4O2/c1-12(13-5-3-6-14(18)11-13)21-17(19-2)20-9-10-22-15(23)7-4-8-16(22)24/h3,5-6,11-12H,4,7-10H2,1-2H3,(H2,19,20,21). The minimum absolute atomic E-state index is 0.0214. The van der Waals surface area contributed by atoms with Crippen molar-refractivity contribution in [3.63, 3.8) is 0 Å². The van der Waals surface area contributed by atoms with Crippen molar-refractivity contribution in [2.24, 2.45) is 4.99 Å². The Bertz CT molecular complexity index is 617. The second-order valence-corrected chi connectivity index (χ2v) is 6.15. The van der Waals surface area contributed by atoms with Crippen LogP contribution in [0, 0.1) is 0 Å². The smallest absolute Gasteiger partial charge is 0.229 e. The quantitative estimate of drug-likeness (QED) is 0.484. The Morgan fingerprint density at radius 3 is 2.67 bits per heavy atom. The highest BCUT2D eigenvalue weighted by Crippen LogP contribution is 2.17. The highest BCUT2D eigenvalue weighted by Gasteiger charge is 2.25. The molecule has 130 valence electrons. The predicted molar refractivity (Wildman–Crippen MR) is 94.9 cm³/mol. The van der Waals surface area contributed by atoms with Gasteiger partial charge in [0, 0.05) is 38.0 Å². The van der Waals surface area contributed by atoms with Gasteiger partial charge in [0.15, 0.2) is 5.96 Å². The highest BCUT2D eigenvalue weighted by molar-refractivity contribution is 6.30. The van der Waals surface area contributed by atoms with E-state index in [2.05, 4.69) is 15.6 Å². The van der Waals surface area contributed by atoms with E-state index in [9.17, 15) is 9.59 Å². The van der Waals surface area contributed by atoms with Gasteiger partial charge in [-0.2, -0.15) is 0 Å². The van der Waals surface area contributed by atoms with Crippen molar-refractivity contribution in [2.45, 2.75) is 32.2 Å². The van der Waals surface area contributed by atoms with Crippen LogP contribution < -0.4 is 10.6 Å². The first-order chi connectivity index (χ1) is 11.5. The van der Waals surface area contributed by atoms with E-state index < -0.39 is 0 Å².